The first kappa shape index (κ1) is 13.9. The van der Waals surface area contributed by atoms with Gasteiger partial charge in [-0.1, -0.05) is 0 Å². The number of ether oxygens (including phenoxy) is 1. The van der Waals surface area contributed by atoms with Crippen LogP contribution in [0.4, 0.5) is 5.69 Å². The minimum atomic E-state index is -0.295. The van der Waals surface area contributed by atoms with Gasteiger partial charge in [-0.05, 0) is 42.5 Å². The lowest BCUT2D eigenvalue weighted by Gasteiger charge is -2.04. The fourth-order valence-electron chi connectivity index (χ4n) is 2.01. The summed E-state index contributed by atoms with van der Waals surface area (Å²) in [5, 5.41) is 6.86. The fraction of sp³-hybridized carbons (Fsp3) is 0.125. The first-order valence-corrected chi connectivity index (χ1v) is 6.76. The molecule has 6 nitrogen and oxygen atoms in total. The van der Waals surface area contributed by atoms with Crippen LogP contribution in [0.1, 0.15) is 16.3 Å². The van der Waals surface area contributed by atoms with Gasteiger partial charge in [-0.3, -0.25) is 9.48 Å². The third kappa shape index (κ3) is 3.17. The first-order valence-electron chi connectivity index (χ1n) is 6.76. The quantitative estimate of drug-likeness (QED) is 0.786. The van der Waals surface area contributed by atoms with Crippen LogP contribution in [0.25, 0.3) is 0 Å². The number of benzene rings is 1. The molecule has 0 radical (unpaired) electrons. The lowest BCUT2D eigenvalue weighted by Crippen LogP contribution is -2.10. The van der Waals surface area contributed by atoms with Crippen molar-refractivity contribution in [2.24, 2.45) is 0 Å². The molecule has 0 saturated carbocycles. The molecule has 0 saturated heterocycles. The van der Waals surface area contributed by atoms with E-state index >= 15 is 0 Å². The second-order valence-electron chi connectivity index (χ2n) is 4.65. The number of nitrogens with zero attached hydrogens (tertiary/aromatic N) is 2. The van der Waals surface area contributed by atoms with E-state index in [1.165, 1.54) is 0 Å². The number of hydrogen-bond acceptors (Lipinski definition) is 4. The van der Waals surface area contributed by atoms with E-state index in [-0.39, 0.29) is 11.7 Å². The Labute approximate surface area is 127 Å². The number of hydrogen-bond donors (Lipinski definition) is 1. The summed E-state index contributed by atoms with van der Waals surface area (Å²) in [6, 6.07) is 12.3. The molecule has 0 atom stereocenters. The zero-order valence-corrected chi connectivity index (χ0v) is 12.0. The van der Waals surface area contributed by atoms with Crippen LogP contribution in [0, 0.1) is 0 Å². The van der Waals surface area contributed by atoms with E-state index in [0.29, 0.717) is 18.0 Å². The maximum Gasteiger partial charge on any atom is 0.291 e. The Bertz CT molecular complexity index is 745. The molecule has 0 fully saturated rings. The molecule has 3 aromatic rings. The third-order valence-corrected chi connectivity index (χ3v) is 3.11. The maximum atomic E-state index is 12.1. The Morgan fingerprint density at radius 1 is 1.27 bits per heavy atom. The summed E-state index contributed by atoms with van der Waals surface area (Å²) in [6.07, 6.45) is 3.53. The molecular weight excluding hydrogens is 282 g/mol. The van der Waals surface area contributed by atoms with Crippen molar-refractivity contribution < 1.29 is 13.9 Å². The second-order valence-corrected chi connectivity index (χ2v) is 4.65. The van der Waals surface area contributed by atoms with Gasteiger partial charge in [0.1, 0.15) is 11.5 Å². The molecule has 1 N–H and O–H groups in total. The zero-order valence-electron chi connectivity index (χ0n) is 12.0. The number of methoxy groups -OCH3 is 1. The van der Waals surface area contributed by atoms with Gasteiger partial charge in [0, 0.05) is 18.1 Å². The molecular formula is C16H15N3O3. The Balaban J connectivity index is 1.65. The molecule has 3 rings (SSSR count). The van der Waals surface area contributed by atoms with Crippen molar-refractivity contribution in [3.8, 4) is 5.75 Å². The highest BCUT2D eigenvalue weighted by atomic mass is 16.5. The van der Waals surface area contributed by atoms with Gasteiger partial charge < -0.3 is 14.5 Å². The summed E-state index contributed by atoms with van der Waals surface area (Å²) >= 11 is 0. The number of amides is 1. The van der Waals surface area contributed by atoms with E-state index < -0.39 is 0 Å². The monoisotopic (exact) mass is 297 g/mol. The predicted octanol–water partition coefficient (Wildman–Crippen LogP) is 2.79. The van der Waals surface area contributed by atoms with Crippen molar-refractivity contribution in [3.63, 3.8) is 0 Å². The molecule has 112 valence electrons. The Morgan fingerprint density at radius 2 is 2.09 bits per heavy atom. The predicted molar refractivity (Wildman–Crippen MR) is 81.0 cm³/mol. The standard InChI is InChI=1S/C16H15N3O3/c1-21-13-5-3-12(4-6-13)18-16(20)15-8-7-14(22-15)11-19-10-2-9-17-19/h2-10H,11H2,1H3,(H,18,20). The van der Waals surface area contributed by atoms with Gasteiger partial charge in [-0.15, -0.1) is 0 Å². The number of carbonyl (C=O) groups is 1. The van der Waals surface area contributed by atoms with Gasteiger partial charge in [0.15, 0.2) is 5.76 Å². The third-order valence-electron chi connectivity index (χ3n) is 3.11. The molecule has 0 aliphatic rings. The summed E-state index contributed by atoms with van der Waals surface area (Å²) in [5.41, 5.74) is 0.677. The molecule has 0 unspecified atom stereocenters. The molecule has 2 aromatic heterocycles. The minimum absolute atomic E-state index is 0.262. The highest BCUT2D eigenvalue weighted by molar-refractivity contribution is 6.02. The van der Waals surface area contributed by atoms with Gasteiger partial charge in [0.05, 0.1) is 13.7 Å². The number of nitrogens with one attached hydrogen (secondary N) is 1. The lowest BCUT2D eigenvalue weighted by atomic mass is 10.3. The number of furan rings is 1. The van der Waals surface area contributed by atoms with Gasteiger partial charge in [0.2, 0.25) is 0 Å². The molecule has 1 amide bonds. The normalized spacial score (nSPS) is 10.4. The highest BCUT2D eigenvalue weighted by Gasteiger charge is 2.12. The molecule has 6 heteroatoms. The van der Waals surface area contributed by atoms with Crippen LogP contribution in [-0.4, -0.2) is 22.8 Å². The van der Waals surface area contributed by atoms with Crippen LogP contribution in [0.3, 0.4) is 0 Å². The van der Waals surface area contributed by atoms with Crippen molar-refractivity contribution in [2.45, 2.75) is 6.54 Å². The van der Waals surface area contributed by atoms with Crippen molar-refractivity contribution >= 4 is 11.6 Å². The van der Waals surface area contributed by atoms with E-state index in [9.17, 15) is 4.79 Å². The van der Waals surface area contributed by atoms with Gasteiger partial charge in [0.25, 0.3) is 5.91 Å². The van der Waals surface area contributed by atoms with E-state index in [2.05, 4.69) is 10.4 Å². The van der Waals surface area contributed by atoms with Crippen LogP contribution in [-0.2, 0) is 6.54 Å². The van der Waals surface area contributed by atoms with Crippen LogP contribution in [0.2, 0.25) is 0 Å². The van der Waals surface area contributed by atoms with Crippen molar-refractivity contribution in [1.29, 1.82) is 0 Å². The average molecular weight is 297 g/mol. The zero-order chi connectivity index (χ0) is 15.4. The Hall–Kier alpha value is -3.02. The summed E-state index contributed by atoms with van der Waals surface area (Å²) < 4.78 is 12.3. The average Bonchev–Trinajstić information content (AvgIpc) is 3.20. The SMILES string of the molecule is COc1ccc(NC(=O)c2ccc(Cn3cccn3)o2)cc1. The van der Waals surface area contributed by atoms with Crippen LogP contribution >= 0.6 is 0 Å². The molecule has 22 heavy (non-hydrogen) atoms. The van der Waals surface area contributed by atoms with Crippen molar-refractivity contribution in [3.05, 3.63) is 66.4 Å². The molecule has 0 aliphatic heterocycles. The van der Waals surface area contributed by atoms with E-state index in [1.54, 1.807) is 54.4 Å². The van der Waals surface area contributed by atoms with Crippen LogP contribution in [0.5, 0.6) is 5.75 Å². The van der Waals surface area contributed by atoms with Crippen LogP contribution < -0.4 is 10.1 Å². The summed E-state index contributed by atoms with van der Waals surface area (Å²) in [5.74, 6) is 1.37. The highest BCUT2D eigenvalue weighted by Crippen LogP contribution is 2.17. The topological polar surface area (TPSA) is 69.3 Å². The summed E-state index contributed by atoms with van der Waals surface area (Å²) in [6.45, 7) is 0.489. The number of anilines is 1. The maximum absolute atomic E-state index is 12.1. The number of carbonyl (C=O) groups excluding carboxylic acids is 1. The first-order chi connectivity index (χ1) is 10.7. The van der Waals surface area contributed by atoms with Gasteiger partial charge in [-0.25, -0.2) is 0 Å². The van der Waals surface area contributed by atoms with Crippen LogP contribution in [0.15, 0.2) is 59.3 Å². The Morgan fingerprint density at radius 3 is 2.77 bits per heavy atom. The van der Waals surface area contributed by atoms with Gasteiger partial charge in [-0.2, -0.15) is 5.10 Å². The van der Waals surface area contributed by atoms with E-state index in [1.807, 2.05) is 12.3 Å². The molecule has 0 spiro atoms. The summed E-state index contributed by atoms with van der Waals surface area (Å²) in [4.78, 5) is 12.1. The minimum Gasteiger partial charge on any atom is -0.497 e. The van der Waals surface area contributed by atoms with E-state index in [0.717, 1.165) is 5.75 Å². The number of aromatic nitrogens is 2. The fourth-order valence-corrected chi connectivity index (χ4v) is 2.01. The molecule has 0 bridgehead atoms. The van der Waals surface area contributed by atoms with E-state index in [4.69, 9.17) is 9.15 Å². The molecule has 2 heterocycles. The molecule has 1 aromatic carbocycles. The smallest absolute Gasteiger partial charge is 0.291 e. The van der Waals surface area contributed by atoms with Gasteiger partial charge >= 0.3 is 0 Å². The summed E-state index contributed by atoms with van der Waals surface area (Å²) in [7, 11) is 1.59. The Kier molecular flexibility index (Phi) is 3.91. The lowest BCUT2D eigenvalue weighted by molar-refractivity contribution is 0.0994. The second kappa shape index (κ2) is 6.17. The van der Waals surface area contributed by atoms with Crippen molar-refractivity contribution in [2.75, 3.05) is 12.4 Å². The number of rotatable bonds is 5. The molecule has 0 aliphatic carbocycles. The van der Waals surface area contributed by atoms with Crippen molar-refractivity contribution in [1.82, 2.24) is 9.78 Å². The largest absolute Gasteiger partial charge is 0.497 e.